The summed E-state index contributed by atoms with van der Waals surface area (Å²) in [5.74, 6) is 0. The van der Waals surface area contributed by atoms with E-state index in [9.17, 15) is 14.7 Å². The van der Waals surface area contributed by atoms with Crippen molar-refractivity contribution in [3.8, 4) is 0 Å². The Morgan fingerprint density at radius 2 is 0.911 bits per heavy atom. The molecule has 4 aromatic rings. The summed E-state index contributed by atoms with van der Waals surface area (Å²) < 4.78 is 0. The van der Waals surface area contributed by atoms with Gasteiger partial charge in [0, 0.05) is 0 Å². The van der Waals surface area contributed by atoms with Gasteiger partial charge in [0.1, 0.15) is 0 Å². The second-order valence-electron chi connectivity index (χ2n) is 18.0. The van der Waals surface area contributed by atoms with E-state index in [0.29, 0.717) is 12.8 Å². The van der Waals surface area contributed by atoms with Gasteiger partial charge in [0.15, 0.2) is 0 Å². The molecule has 4 aromatic carbocycles. The maximum atomic E-state index is 12.6. The average Bonchev–Trinajstić information content (AvgIpc) is 2.88. The summed E-state index contributed by atoms with van der Waals surface area (Å²) in [6.45, 7) is 30.0. The molecule has 4 heteroatoms. The van der Waals surface area contributed by atoms with Crippen LogP contribution in [-0.4, -0.2) is 19.8 Å². The van der Waals surface area contributed by atoms with Gasteiger partial charge in [-0.3, -0.25) is 0 Å². The van der Waals surface area contributed by atoms with Crippen LogP contribution in [0.15, 0.2) is 60.7 Å². The van der Waals surface area contributed by atoms with E-state index >= 15 is 0 Å². The molecule has 0 spiro atoms. The molecule has 0 aliphatic rings. The molecule has 0 radical (unpaired) electrons. The first-order chi connectivity index (χ1) is 20.2. The maximum absolute atomic E-state index is 12.6. The molecule has 0 aliphatic carbocycles. The molecule has 0 aromatic heterocycles. The fraction of sp³-hybridized carbons (Fsp3) is 0.512. The van der Waals surface area contributed by atoms with Gasteiger partial charge in [-0.05, 0) is 0 Å². The minimum atomic E-state index is -5.54. The van der Waals surface area contributed by atoms with Crippen LogP contribution >= 0.6 is 7.28 Å². The first-order valence-corrected chi connectivity index (χ1v) is 18.7. The van der Waals surface area contributed by atoms with Gasteiger partial charge >= 0.3 is 274 Å². The first kappa shape index (κ1) is 35.6. The summed E-state index contributed by atoms with van der Waals surface area (Å²) in [5.41, 5.74) is 4.89. The molecule has 4 rings (SSSR count). The van der Waals surface area contributed by atoms with Crippen molar-refractivity contribution in [3.05, 3.63) is 88.5 Å². The molecule has 246 valence electrons. The number of hydrogen-bond donors (Lipinski definition) is 3. The Morgan fingerprint density at radius 3 is 1.31 bits per heavy atom. The Labute approximate surface area is 273 Å². The number of fused-ring (bicyclic) bond motifs is 2. The van der Waals surface area contributed by atoms with Crippen molar-refractivity contribution in [2.24, 2.45) is 0 Å². The molecule has 0 fully saturated rings. The molecule has 45 heavy (non-hydrogen) atoms. The van der Waals surface area contributed by atoms with Gasteiger partial charge in [-0.2, -0.15) is 0 Å². The monoisotopic (exact) mass is 630 g/mol. The van der Waals surface area contributed by atoms with Crippen molar-refractivity contribution in [1.29, 1.82) is 0 Å². The summed E-state index contributed by atoms with van der Waals surface area (Å²) in [4.78, 5) is 37.8. The van der Waals surface area contributed by atoms with Crippen molar-refractivity contribution < 1.29 is 14.7 Å². The molecule has 1 unspecified atom stereocenters. The quantitative estimate of drug-likeness (QED) is 0.192. The van der Waals surface area contributed by atoms with Crippen LogP contribution in [-0.2, 0) is 28.1 Å². The molecular formula is C41H59O3P. The van der Waals surface area contributed by atoms with Crippen LogP contribution in [0.1, 0.15) is 131 Å². The molecular weight excluding hydrogens is 571 g/mol. The zero-order valence-corrected chi connectivity index (χ0v) is 31.4. The van der Waals surface area contributed by atoms with Gasteiger partial charge in [-0.1, -0.05) is 0 Å². The second-order valence-corrected chi connectivity index (χ2v) is 21.5. The molecule has 0 bridgehead atoms. The third-order valence-corrected chi connectivity index (χ3v) is 13.9. The molecule has 1 atom stereocenters. The van der Waals surface area contributed by atoms with E-state index in [-0.39, 0.29) is 21.5 Å². The van der Waals surface area contributed by atoms with Gasteiger partial charge in [-0.25, -0.2) is 0 Å². The van der Waals surface area contributed by atoms with Crippen molar-refractivity contribution in [2.75, 3.05) is 0 Å². The SMILES string of the molecule is CCC(C)(Cc1cc2ccc(C(C)(C)C)cc2cc1C(C)(C)C)P(O)(O)(O)c1cc2ccc(C(C)(C)C)cc2cc1C(C)(C)C. The Bertz CT molecular complexity index is 1740. The summed E-state index contributed by atoms with van der Waals surface area (Å²) in [6.07, 6.45) is 0.725. The van der Waals surface area contributed by atoms with Crippen molar-refractivity contribution in [2.45, 2.75) is 137 Å². The number of hydrogen-bond acceptors (Lipinski definition) is 3. The van der Waals surface area contributed by atoms with E-state index in [1.54, 1.807) is 0 Å². The third kappa shape index (κ3) is 6.62. The van der Waals surface area contributed by atoms with Crippen LogP contribution in [0.3, 0.4) is 0 Å². The molecule has 0 saturated heterocycles. The van der Waals surface area contributed by atoms with Crippen molar-refractivity contribution in [1.82, 2.24) is 0 Å². The van der Waals surface area contributed by atoms with Gasteiger partial charge in [0.25, 0.3) is 0 Å². The Kier molecular flexibility index (Phi) is 8.60. The molecule has 0 amide bonds. The molecule has 3 nitrogen and oxygen atoms in total. The van der Waals surface area contributed by atoms with E-state index in [4.69, 9.17) is 0 Å². The Balaban J connectivity index is 1.97. The topological polar surface area (TPSA) is 60.7 Å². The molecule has 0 heterocycles. The van der Waals surface area contributed by atoms with Crippen LogP contribution in [0.25, 0.3) is 21.5 Å². The summed E-state index contributed by atoms with van der Waals surface area (Å²) >= 11 is 0. The first-order valence-electron chi connectivity index (χ1n) is 16.6. The molecule has 3 N–H and O–H groups in total. The van der Waals surface area contributed by atoms with Crippen LogP contribution < -0.4 is 5.30 Å². The summed E-state index contributed by atoms with van der Waals surface area (Å²) in [7, 11) is -5.54. The second kappa shape index (κ2) is 10.9. The van der Waals surface area contributed by atoms with Gasteiger partial charge < -0.3 is 0 Å². The van der Waals surface area contributed by atoms with Crippen LogP contribution in [0.2, 0.25) is 0 Å². The number of benzene rings is 4. The van der Waals surface area contributed by atoms with E-state index in [2.05, 4.69) is 138 Å². The van der Waals surface area contributed by atoms with Crippen LogP contribution in [0.5, 0.6) is 0 Å². The van der Waals surface area contributed by atoms with E-state index in [1.807, 2.05) is 19.9 Å². The fourth-order valence-corrected chi connectivity index (χ4v) is 9.46. The minimum absolute atomic E-state index is 0.0153. The zero-order valence-electron chi connectivity index (χ0n) is 30.5. The van der Waals surface area contributed by atoms with E-state index in [0.717, 1.165) is 32.8 Å². The predicted octanol–water partition coefficient (Wildman–Crippen LogP) is 10.5. The molecule has 0 aliphatic heterocycles. The Hall–Kier alpha value is -2.29. The van der Waals surface area contributed by atoms with Gasteiger partial charge in [0.05, 0.1) is 0 Å². The average molecular weight is 631 g/mol. The normalized spacial score (nSPS) is 16.1. The number of rotatable bonds is 5. The third-order valence-electron chi connectivity index (χ3n) is 10.1. The Morgan fingerprint density at radius 1 is 0.489 bits per heavy atom. The van der Waals surface area contributed by atoms with E-state index < -0.39 is 17.9 Å². The standard InChI is InChI=1S/C41H59O3P/c1-15-41(14,26-31-20-27-16-18-32(37(2,3)4)21-29(27)23-34(31)39(8,9)10)45(42,43,44)36-25-28-17-19-33(38(5,6)7)22-30(28)24-35(36)40(11,12)13/h16-25,42-44H,15,26H2,1-14H3. The van der Waals surface area contributed by atoms with Gasteiger partial charge in [-0.15, -0.1) is 0 Å². The van der Waals surface area contributed by atoms with Gasteiger partial charge in [0.2, 0.25) is 0 Å². The summed E-state index contributed by atoms with van der Waals surface area (Å²) in [5, 5.41) is 3.30. The predicted molar refractivity (Wildman–Crippen MR) is 198 cm³/mol. The van der Waals surface area contributed by atoms with Crippen molar-refractivity contribution in [3.63, 3.8) is 0 Å². The summed E-state index contributed by atoms with van der Waals surface area (Å²) in [6, 6.07) is 21.4. The van der Waals surface area contributed by atoms with Crippen LogP contribution in [0, 0.1) is 0 Å². The zero-order chi connectivity index (χ0) is 34.2. The molecule has 0 saturated carbocycles. The van der Waals surface area contributed by atoms with Crippen LogP contribution in [0.4, 0.5) is 0 Å². The fourth-order valence-electron chi connectivity index (χ4n) is 6.61. The van der Waals surface area contributed by atoms with E-state index in [1.165, 1.54) is 16.5 Å². The van der Waals surface area contributed by atoms with Crippen molar-refractivity contribution >= 4 is 34.1 Å².